The molecule has 3 nitrogen and oxygen atoms in total. The summed E-state index contributed by atoms with van der Waals surface area (Å²) in [5.74, 6) is 1.06. The summed E-state index contributed by atoms with van der Waals surface area (Å²) in [6.07, 6.45) is 4.44. The molecule has 0 aliphatic carbocycles. The average Bonchev–Trinajstić information content (AvgIpc) is 2.88. The highest BCUT2D eigenvalue weighted by molar-refractivity contribution is 6.07. The zero-order valence-electron chi connectivity index (χ0n) is 10.9. The summed E-state index contributed by atoms with van der Waals surface area (Å²) >= 11 is 0. The predicted molar refractivity (Wildman–Crippen MR) is 73.9 cm³/mol. The van der Waals surface area contributed by atoms with Gasteiger partial charge in [0.15, 0.2) is 0 Å². The van der Waals surface area contributed by atoms with Crippen LogP contribution in [0.15, 0.2) is 35.3 Å². The van der Waals surface area contributed by atoms with Gasteiger partial charge in [0.1, 0.15) is 5.84 Å². The first kappa shape index (κ1) is 12.8. The summed E-state index contributed by atoms with van der Waals surface area (Å²) in [4.78, 5) is 18.6. The molecule has 0 bridgehead atoms. The second-order valence-electron chi connectivity index (χ2n) is 4.58. The Morgan fingerprint density at radius 1 is 1.28 bits per heavy atom. The van der Waals surface area contributed by atoms with Crippen molar-refractivity contribution in [2.75, 3.05) is 13.1 Å². The number of carbonyl (C=O) groups excluding carboxylic acids is 1. The van der Waals surface area contributed by atoms with Gasteiger partial charge in [-0.1, -0.05) is 38.0 Å². The van der Waals surface area contributed by atoms with Crippen molar-refractivity contribution < 1.29 is 4.79 Å². The van der Waals surface area contributed by atoms with Crippen LogP contribution in [0.5, 0.6) is 0 Å². The van der Waals surface area contributed by atoms with Crippen LogP contribution < -0.4 is 0 Å². The van der Waals surface area contributed by atoms with Crippen LogP contribution in [0.4, 0.5) is 0 Å². The Kier molecular flexibility index (Phi) is 4.51. The third kappa shape index (κ3) is 2.97. The van der Waals surface area contributed by atoms with Crippen molar-refractivity contribution in [2.24, 2.45) is 4.99 Å². The maximum atomic E-state index is 12.3. The van der Waals surface area contributed by atoms with Crippen molar-refractivity contribution in [1.29, 1.82) is 0 Å². The van der Waals surface area contributed by atoms with Crippen molar-refractivity contribution in [3.63, 3.8) is 0 Å². The lowest BCUT2D eigenvalue weighted by Gasteiger charge is -2.18. The quantitative estimate of drug-likeness (QED) is 0.732. The molecule has 1 heterocycles. The largest absolute Gasteiger partial charge is 0.295 e. The number of hydrogen-bond acceptors (Lipinski definition) is 2. The van der Waals surface area contributed by atoms with Gasteiger partial charge in [-0.3, -0.25) is 14.7 Å². The lowest BCUT2D eigenvalue weighted by molar-refractivity contribution is 0.0855. The minimum atomic E-state index is 0.0864. The number of nitrogens with zero attached hydrogens (tertiary/aromatic N) is 2. The normalized spacial score (nSPS) is 14.7. The Labute approximate surface area is 109 Å². The number of amidine groups is 1. The summed E-state index contributed by atoms with van der Waals surface area (Å²) in [6, 6.07) is 9.46. The van der Waals surface area contributed by atoms with Gasteiger partial charge in [-0.25, -0.2) is 0 Å². The summed E-state index contributed by atoms with van der Waals surface area (Å²) in [5, 5.41) is 0. The van der Waals surface area contributed by atoms with Crippen LogP contribution in [0.1, 0.15) is 43.0 Å². The van der Waals surface area contributed by atoms with Crippen LogP contribution in [0.3, 0.4) is 0 Å². The van der Waals surface area contributed by atoms with E-state index >= 15 is 0 Å². The van der Waals surface area contributed by atoms with Crippen LogP contribution >= 0.6 is 0 Å². The standard InChI is InChI=1S/C15H20N2O/c1-2-3-5-10-14-16-11-12-17(14)15(18)13-8-6-4-7-9-13/h4,6-9H,2-3,5,10-12H2,1H3. The zero-order valence-corrected chi connectivity index (χ0v) is 10.9. The van der Waals surface area contributed by atoms with Crippen molar-refractivity contribution in [2.45, 2.75) is 32.6 Å². The number of rotatable bonds is 5. The van der Waals surface area contributed by atoms with Gasteiger partial charge in [-0.2, -0.15) is 0 Å². The Bertz CT molecular complexity index is 425. The van der Waals surface area contributed by atoms with Crippen LogP contribution in [-0.4, -0.2) is 29.7 Å². The third-order valence-electron chi connectivity index (χ3n) is 3.20. The molecule has 18 heavy (non-hydrogen) atoms. The van der Waals surface area contributed by atoms with E-state index < -0.39 is 0 Å². The number of hydrogen-bond donors (Lipinski definition) is 0. The van der Waals surface area contributed by atoms with Crippen molar-refractivity contribution in [3.8, 4) is 0 Å². The van der Waals surface area contributed by atoms with Gasteiger partial charge >= 0.3 is 0 Å². The van der Waals surface area contributed by atoms with E-state index in [1.54, 1.807) is 0 Å². The van der Waals surface area contributed by atoms with Gasteiger partial charge in [0, 0.05) is 18.5 Å². The lowest BCUT2D eigenvalue weighted by Crippen LogP contribution is -2.34. The summed E-state index contributed by atoms with van der Waals surface area (Å²) in [5.41, 5.74) is 0.752. The fourth-order valence-corrected chi connectivity index (χ4v) is 2.20. The van der Waals surface area contributed by atoms with Gasteiger partial charge < -0.3 is 0 Å². The van der Waals surface area contributed by atoms with Crippen molar-refractivity contribution in [3.05, 3.63) is 35.9 Å². The van der Waals surface area contributed by atoms with Gasteiger partial charge in [-0.05, 0) is 18.6 Å². The average molecular weight is 244 g/mol. The topological polar surface area (TPSA) is 32.7 Å². The second kappa shape index (κ2) is 6.34. The number of amides is 1. The Balaban J connectivity index is 2.00. The molecule has 0 saturated carbocycles. The number of aliphatic imine (C=N–C) groups is 1. The van der Waals surface area contributed by atoms with Crippen LogP contribution in [0.2, 0.25) is 0 Å². The molecule has 1 aliphatic heterocycles. The first-order valence-electron chi connectivity index (χ1n) is 6.73. The number of carbonyl (C=O) groups is 1. The number of unbranched alkanes of at least 4 members (excludes halogenated alkanes) is 2. The molecule has 1 aromatic rings. The van der Waals surface area contributed by atoms with Crippen molar-refractivity contribution >= 4 is 11.7 Å². The van der Waals surface area contributed by atoms with E-state index in [9.17, 15) is 4.79 Å². The van der Waals surface area contributed by atoms with Crippen LogP contribution in [0.25, 0.3) is 0 Å². The van der Waals surface area contributed by atoms with Crippen LogP contribution in [0, 0.1) is 0 Å². The fraction of sp³-hybridized carbons (Fsp3) is 0.467. The van der Waals surface area contributed by atoms with E-state index in [2.05, 4.69) is 11.9 Å². The zero-order chi connectivity index (χ0) is 12.8. The summed E-state index contributed by atoms with van der Waals surface area (Å²) in [7, 11) is 0. The number of benzene rings is 1. The fourth-order valence-electron chi connectivity index (χ4n) is 2.20. The highest BCUT2D eigenvalue weighted by Gasteiger charge is 2.23. The molecule has 0 aromatic heterocycles. The van der Waals surface area contributed by atoms with Gasteiger partial charge in [0.2, 0.25) is 0 Å². The first-order valence-corrected chi connectivity index (χ1v) is 6.73. The minimum Gasteiger partial charge on any atom is -0.295 e. The highest BCUT2D eigenvalue weighted by Crippen LogP contribution is 2.13. The molecule has 96 valence electrons. The maximum absolute atomic E-state index is 12.3. The van der Waals surface area contributed by atoms with Crippen LogP contribution in [-0.2, 0) is 0 Å². The Morgan fingerprint density at radius 3 is 2.78 bits per heavy atom. The van der Waals surface area contributed by atoms with E-state index in [0.717, 1.165) is 37.3 Å². The Hall–Kier alpha value is -1.64. The molecule has 0 fully saturated rings. The molecule has 1 amide bonds. The highest BCUT2D eigenvalue weighted by atomic mass is 16.2. The molecule has 0 atom stereocenters. The predicted octanol–water partition coefficient (Wildman–Crippen LogP) is 3.12. The molecule has 3 heteroatoms. The molecule has 1 aromatic carbocycles. The molecule has 1 aliphatic rings. The van der Waals surface area contributed by atoms with E-state index in [-0.39, 0.29) is 5.91 Å². The minimum absolute atomic E-state index is 0.0864. The van der Waals surface area contributed by atoms with E-state index in [1.165, 1.54) is 12.8 Å². The third-order valence-corrected chi connectivity index (χ3v) is 3.20. The summed E-state index contributed by atoms with van der Waals surface area (Å²) in [6.45, 7) is 3.67. The van der Waals surface area contributed by atoms with Gasteiger partial charge in [0.25, 0.3) is 5.91 Å². The van der Waals surface area contributed by atoms with Gasteiger partial charge in [0.05, 0.1) is 6.54 Å². The summed E-state index contributed by atoms with van der Waals surface area (Å²) < 4.78 is 0. The molecule has 0 spiro atoms. The van der Waals surface area contributed by atoms with E-state index in [0.29, 0.717) is 0 Å². The van der Waals surface area contributed by atoms with E-state index in [1.807, 2.05) is 35.2 Å². The second-order valence-corrected chi connectivity index (χ2v) is 4.58. The monoisotopic (exact) mass is 244 g/mol. The van der Waals surface area contributed by atoms with Gasteiger partial charge in [-0.15, -0.1) is 0 Å². The lowest BCUT2D eigenvalue weighted by atomic mass is 10.1. The smallest absolute Gasteiger partial charge is 0.259 e. The van der Waals surface area contributed by atoms with E-state index in [4.69, 9.17) is 0 Å². The van der Waals surface area contributed by atoms with Crippen molar-refractivity contribution in [1.82, 2.24) is 4.90 Å². The molecule has 0 N–H and O–H groups in total. The molecule has 0 radical (unpaired) electrons. The molecule has 2 rings (SSSR count). The molecular weight excluding hydrogens is 224 g/mol. The molecule has 0 unspecified atom stereocenters. The SMILES string of the molecule is CCCCCC1=NCCN1C(=O)c1ccccc1. The molecular formula is C15H20N2O. The maximum Gasteiger partial charge on any atom is 0.259 e. The Morgan fingerprint density at radius 2 is 2.06 bits per heavy atom. The molecule has 0 saturated heterocycles. The first-order chi connectivity index (χ1) is 8.83.